The molecule has 1 atom stereocenters. The fourth-order valence-corrected chi connectivity index (χ4v) is 3.49. The number of hydrogen-bond donors (Lipinski definition) is 0. The van der Waals surface area contributed by atoms with Crippen molar-refractivity contribution in [2.24, 2.45) is 5.92 Å². The molecule has 102 valence electrons. The minimum Gasteiger partial charge on any atom is -0.0726 e. The zero-order chi connectivity index (χ0) is 14.2. The minimum absolute atomic E-state index is 0.403. The first-order chi connectivity index (χ1) is 10.4. The second-order valence-electron chi connectivity index (χ2n) is 5.68. The van der Waals surface area contributed by atoms with Crippen molar-refractivity contribution >= 4 is 11.6 Å². The maximum atomic E-state index is 2.33. The SMILES string of the molecule is CCC1=C2C=CC=CC2C(=C2C=Cc3ccccc32)C=C1. The van der Waals surface area contributed by atoms with Crippen LogP contribution in [0.2, 0.25) is 0 Å². The molecule has 0 radical (unpaired) electrons. The van der Waals surface area contributed by atoms with Gasteiger partial charge in [0, 0.05) is 5.92 Å². The van der Waals surface area contributed by atoms with Crippen molar-refractivity contribution in [3.05, 3.63) is 94.6 Å². The molecule has 21 heavy (non-hydrogen) atoms. The molecular weight excluding hydrogens is 252 g/mol. The third kappa shape index (κ3) is 1.91. The Labute approximate surface area is 126 Å². The Hall–Kier alpha value is -2.34. The fourth-order valence-electron chi connectivity index (χ4n) is 3.49. The Balaban J connectivity index is 1.89. The van der Waals surface area contributed by atoms with Gasteiger partial charge in [0.25, 0.3) is 0 Å². The van der Waals surface area contributed by atoms with Crippen LogP contribution in [0.5, 0.6) is 0 Å². The smallest absolute Gasteiger partial charge is 0.0281 e. The van der Waals surface area contributed by atoms with E-state index in [9.17, 15) is 0 Å². The highest BCUT2D eigenvalue weighted by Crippen LogP contribution is 2.41. The van der Waals surface area contributed by atoms with Gasteiger partial charge in [-0.25, -0.2) is 0 Å². The third-order valence-electron chi connectivity index (χ3n) is 4.57. The Morgan fingerprint density at radius 1 is 0.857 bits per heavy atom. The molecular formula is C21H18. The first-order valence-corrected chi connectivity index (χ1v) is 7.66. The number of rotatable bonds is 1. The standard InChI is InChI=1S/C21H18/c1-2-15-11-13-21(19-10-6-5-8-17(15)19)20-14-12-16-7-3-4-9-18(16)20/h3-14,19H,2H2,1H3. The van der Waals surface area contributed by atoms with Crippen molar-refractivity contribution < 1.29 is 0 Å². The molecule has 0 saturated heterocycles. The molecule has 1 aromatic carbocycles. The van der Waals surface area contributed by atoms with E-state index in [1.54, 1.807) is 0 Å². The molecule has 1 aromatic rings. The molecule has 0 amide bonds. The van der Waals surface area contributed by atoms with Crippen LogP contribution in [0.25, 0.3) is 11.6 Å². The van der Waals surface area contributed by atoms with Gasteiger partial charge in [-0.2, -0.15) is 0 Å². The van der Waals surface area contributed by atoms with Crippen molar-refractivity contribution in [3.63, 3.8) is 0 Å². The summed E-state index contributed by atoms with van der Waals surface area (Å²) in [4.78, 5) is 0. The van der Waals surface area contributed by atoms with E-state index < -0.39 is 0 Å². The van der Waals surface area contributed by atoms with E-state index in [-0.39, 0.29) is 0 Å². The molecule has 3 aliphatic carbocycles. The van der Waals surface area contributed by atoms with Crippen molar-refractivity contribution in [1.29, 1.82) is 0 Å². The molecule has 0 nitrogen and oxygen atoms in total. The van der Waals surface area contributed by atoms with Gasteiger partial charge in [0.1, 0.15) is 0 Å². The largest absolute Gasteiger partial charge is 0.0726 e. The normalized spacial score (nSPS) is 25.5. The van der Waals surface area contributed by atoms with Crippen molar-refractivity contribution in [2.45, 2.75) is 13.3 Å². The Kier molecular flexibility index (Phi) is 2.89. The summed E-state index contributed by atoms with van der Waals surface area (Å²) >= 11 is 0. The highest BCUT2D eigenvalue weighted by atomic mass is 14.3. The van der Waals surface area contributed by atoms with E-state index in [2.05, 4.69) is 79.8 Å². The Morgan fingerprint density at radius 3 is 2.67 bits per heavy atom. The topological polar surface area (TPSA) is 0 Å². The Bertz CT molecular complexity index is 776. The third-order valence-corrected chi connectivity index (χ3v) is 4.57. The van der Waals surface area contributed by atoms with E-state index in [1.165, 1.54) is 33.4 Å². The van der Waals surface area contributed by atoms with Crippen molar-refractivity contribution in [2.75, 3.05) is 0 Å². The second kappa shape index (κ2) is 4.89. The molecule has 1 unspecified atom stereocenters. The van der Waals surface area contributed by atoms with Crippen LogP contribution in [0.3, 0.4) is 0 Å². The van der Waals surface area contributed by atoms with Gasteiger partial charge in [-0.05, 0) is 39.8 Å². The number of hydrogen-bond acceptors (Lipinski definition) is 0. The summed E-state index contributed by atoms with van der Waals surface area (Å²) in [6.07, 6.45) is 19.1. The average Bonchev–Trinajstić information content (AvgIpc) is 2.98. The fraction of sp³-hybridized carbons (Fsp3) is 0.143. The molecule has 0 heteroatoms. The van der Waals surface area contributed by atoms with Gasteiger partial charge in [-0.15, -0.1) is 0 Å². The highest BCUT2D eigenvalue weighted by Gasteiger charge is 2.25. The quantitative estimate of drug-likeness (QED) is 0.633. The highest BCUT2D eigenvalue weighted by molar-refractivity contribution is 5.93. The first kappa shape index (κ1) is 12.4. The average molecular weight is 270 g/mol. The van der Waals surface area contributed by atoms with Crippen LogP contribution in [-0.2, 0) is 0 Å². The van der Waals surface area contributed by atoms with Crippen LogP contribution in [0.15, 0.2) is 83.5 Å². The van der Waals surface area contributed by atoms with Crippen molar-refractivity contribution in [3.8, 4) is 0 Å². The zero-order valence-corrected chi connectivity index (χ0v) is 12.2. The number of fused-ring (bicyclic) bond motifs is 2. The molecule has 0 fully saturated rings. The maximum Gasteiger partial charge on any atom is 0.0281 e. The van der Waals surface area contributed by atoms with Crippen LogP contribution >= 0.6 is 0 Å². The van der Waals surface area contributed by atoms with Gasteiger partial charge in [0.15, 0.2) is 0 Å². The summed E-state index contributed by atoms with van der Waals surface area (Å²) in [7, 11) is 0. The van der Waals surface area contributed by atoms with Gasteiger partial charge >= 0.3 is 0 Å². The first-order valence-electron chi connectivity index (χ1n) is 7.66. The van der Waals surface area contributed by atoms with Crippen LogP contribution in [-0.4, -0.2) is 0 Å². The second-order valence-corrected chi connectivity index (χ2v) is 5.68. The number of benzene rings is 1. The van der Waals surface area contributed by atoms with E-state index in [1.807, 2.05) is 0 Å². The predicted octanol–water partition coefficient (Wildman–Crippen LogP) is 5.49. The van der Waals surface area contributed by atoms with Gasteiger partial charge in [-0.1, -0.05) is 79.8 Å². The molecule has 0 bridgehead atoms. The van der Waals surface area contributed by atoms with Gasteiger partial charge in [0.05, 0.1) is 0 Å². The molecule has 0 heterocycles. The molecule has 0 aliphatic heterocycles. The van der Waals surface area contributed by atoms with Crippen LogP contribution in [0.1, 0.15) is 24.5 Å². The van der Waals surface area contributed by atoms with E-state index in [4.69, 9.17) is 0 Å². The lowest BCUT2D eigenvalue weighted by Gasteiger charge is -2.26. The van der Waals surface area contributed by atoms with Gasteiger partial charge in [0.2, 0.25) is 0 Å². The zero-order valence-electron chi connectivity index (χ0n) is 12.2. The lowest BCUT2D eigenvalue weighted by Crippen LogP contribution is -2.11. The van der Waals surface area contributed by atoms with Crippen LogP contribution < -0.4 is 0 Å². The number of allylic oxidation sites excluding steroid dienone is 11. The maximum absolute atomic E-state index is 2.33. The van der Waals surface area contributed by atoms with Crippen LogP contribution in [0.4, 0.5) is 0 Å². The van der Waals surface area contributed by atoms with E-state index in [0.717, 1.165) is 6.42 Å². The van der Waals surface area contributed by atoms with Gasteiger partial charge < -0.3 is 0 Å². The molecule has 3 aliphatic rings. The molecule has 0 spiro atoms. The molecule has 0 aromatic heterocycles. The summed E-state index contributed by atoms with van der Waals surface area (Å²) in [5.74, 6) is 0.403. The summed E-state index contributed by atoms with van der Waals surface area (Å²) in [6.45, 7) is 2.23. The summed E-state index contributed by atoms with van der Waals surface area (Å²) in [5, 5.41) is 0. The monoisotopic (exact) mass is 270 g/mol. The summed E-state index contributed by atoms with van der Waals surface area (Å²) in [6, 6.07) is 8.66. The minimum atomic E-state index is 0.403. The van der Waals surface area contributed by atoms with E-state index >= 15 is 0 Å². The lowest BCUT2D eigenvalue weighted by atomic mass is 9.77. The summed E-state index contributed by atoms with van der Waals surface area (Å²) < 4.78 is 0. The molecule has 4 rings (SSSR count). The Morgan fingerprint density at radius 2 is 1.76 bits per heavy atom. The van der Waals surface area contributed by atoms with Crippen molar-refractivity contribution in [1.82, 2.24) is 0 Å². The lowest BCUT2D eigenvalue weighted by molar-refractivity contribution is 0.897. The summed E-state index contributed by atoms with van der Waals surface area (Å²) in [5.41, 5.74) is 8.40. The van der Waals surface area contributed by atoms with E-state index in [0.29, 0.717) is 5.92 Å². The van der Waals surface area contributed by atoms with Crippen LogP contribution in [0, 0.1) is 5.92 Å². The van der Waals surface area contributed by atoms with Gasteiger partial charge in [-0.3, -0.25) is 0 Å². The molecule has 0 saturated carbocycles. The predicted molar refractivity (Wildman–Crippen MR) is 90.6 cm³/mol. The molecule has 0 N–H and O–H groups in total.